The van der Waals surface area contributed by atoms with Gasteiger partial charge in [-0.2, -0.15) is 0 Å². The number of H-pyrrole nitrogens is 1. The Kier molecular flexibility index (Phi) is 4.81. The first kappa shape index (κ1) is 17.3. The Morgan fingerprint density at radius 3 is 2.81 bits per heavy atom. The quantitative estimate of drug-likeness (QED) is 0.916. The van der Waals surface area contributed by atoms with E-state index in [-0.39, 0.29) is 5.91 Å². The fraction of sp³-hybridized carbons (Fsp3) is 0.524. The molecule has 1 amide bonds. The van der Waals surface area contributed by atoms with E-state index in [9.17, 15) is 4.79 Å². The minimum atomic E-state index is 0.158. The van der Waals surface area contributed by atoms with Crippen LogP contribution in [0.25, 0.3) is 11.4 Å². The molecule has 138 valence electrons. The van der Waals surface area contributed by atoms with Crippen LogP contribution in [0.5, 0.6) is 0 Å². The number of likely N-dealkylation sites (tertiary alicyclic amines) is 1. The summed E-state index contributed by atoms with van der Waals surface area (Å²) >= 11 is 0. The molecule has 0 radical (unpaired) electrons. The lowest BCUT2D eigenvalue weighted by molar-refractivity contribution is 0.0723. The number of nitrogens with one attached hydrogen (secondary N) is 1. The van der Waals surface area contributed by atoms with Crippen LogP contribution in [0, 0.1) is 6.92 Å². The summed E-state index contributed by atoms with van der Waals surface area (Å²) in [6, 6.07) is 4.21. The number of nitrogens with zero attached hydrogens (tertiary/aromatic N) is 2. The summed E-state index contributed by atoms with van der Waals surface area (Å²) in [4.78, 5) is 23.3. The molecule has 0 saturated carbocycles. The van der Waals surface area contributed by atoms with Crippen LogP contribution in [0.1, 0.15) is 59.1 Å². The Balaban J connectivity index is 1.74. The Hall–Kier alpha value is -2.14. The van der Waals surface area contributed by atoms with E-state index in [0.717, 1.165) is 79.3 Å². The lowest BCUT2D eigenvalue weighted by Crippen LogP contribution is -2.36. The van der Waals surface area contributed by atoms with Crippen LogP contribution < -0.4 is 0 Å². The zero-order chi connectivity index (χ0) is 18.1. The van der Waals surface area contributed by atoms with Gasteiger partial charge in [-0.25, -0.2) is 4.98 Å². The summed E-state index contributed by atoms with van der Waals surface area (Å²) in [7, 11) is 0. The second-order valence-electron chi connectivity index (χ2n) is 7.34. The second-order valence-corrected chi connectivity index (χ2v) is 7.34. The number of benzene rings is 1. The highest BCUT2D eigenvalue weighted by Crippen LogP contribution is 2.29. The third kappa shape index (κ3) is 3.16. The van der Waals surface area contributed by atoms with Crippen LogP contribution in [0.15, 0.2) is 12.1 Å². The van der Waals surface area contributed by atoms with Gasteiger partial charge in [0.25, 0.3) is 5.91 Å². The third-order valence-electron chi connectivity index (χ3n) is 5.55. The number of aromatic nitrogens is 2. The molecule has 1 aromatic carbocycles. The van der Waals surface area contributed by atoms with Gasteiger partial charge in [-0.15, -0.1) is 0 Å². The lowest BCUT2D eigenvalue weighted by Gasteiger charge is -2.27. The Morgan fingerprint density at radius 2 is 2.08 bits per heavy atom. The van der Waals surface area contributed by atoms with Gasteiger partial charge < -0.3 is 14.6 Å². The highest BCUT2D eigenvalue weighted by Gasteiger charge is 2.23. The number of hydrogen-bond acceptors (Lipinski definition) is 3. The van der Waals surface area contributed by atoms with Crippen LogP contribution in [0.2, 0.25) is 0 Å². The maximum atomic E-state index is 13.1. The van der Waals surface area contributed by atoms with E-state index < -0.39 is 0 Å². The van der Waals surface area contributed by atoms with Crippen molar-refractivity contribution in [2.75, 3.05) is 19.7 Å². The van der Waals surface area contributed by atoms with Crippen LogP contribution in [-0.2, 0) is 24.2 Å². The largest absolute Gasteiger partial charge is 0.375 e. The van der Waals surface area contributed by atoms with Gasteiger partial charge in [-0.3, -0.25) is 4.79 Å². The number of imidazole rings is 1. The average molecular weight is 353 g/mol. The van der Waals surface area contributed by atoms with Crippen molar-refractivity contribution in [2.45, 2.75) is 52.6 Å². The SMILES string of the molecule is CCc1cc(C)c(C(=O)N2CCCCC2)cc1-c1nc2c([nH]1)COCC2. The standard InChI is InChI=1S/C21H27N3O2/c1-3-15-11-14(2)16(21(25)24-8-5-4-6-9-24)12-17(15)20-22-18-7-10-26-13-19(18)23-20/h11-12H,3-10,13H2,1-2H3,(H,22,23). The van der Waals surface area contributed by atoms with E-state index >= 15 is 0 Å². The van der Waals surface area contributed by atoms with E-state index in [1.54, 1.807) is 0 Å². The molecule has 1 saturated heterocycles. The molecular formula is C21H27N3O2. The number of ether oxygens (including phenoxy) is 1. The molecule has 2 aliphatic heterocycles. The van der Waals surface area contributed by atoms with E-state index in [1.165, 1.54) is 12.0 Å². The molecule has 5 heteroatoms. The number of hydrogen-bond donors (Lipinski definition) is 1. The minimum Gasteiger partial charge on any atom is -0.375 e. The maximum Gasteiger partial charge on any atom is 0.254 e. The number of aryl methyl sites for hydroxylation is 2. The number of carbonyl (C=O) groups is 1. The van der Waals surface area contributed by atoms with Gasteiger partial charge in [0.2, 0.25) is 0 Å². The van der Waals surface area contributed by atoms with E-state index in [1.807, 2.05) is 11.8 Å². The molecule has 1 fully saturated rings. The van der Waals surface area contributed by atoms with Crippen LogP contribution in [0.3, 0.4) is 0 Å². The van der Waals surface area contributed by atoms with Crippen molar-refractivity contribution >= 4 is 5.91 Å². The first-order chi connectivity index (χ1) is 12.7. The summed E-state index contributed by atoms with van der Waals surface area (Å²) in [5.74, 6) is 1.02. The monoisotopic (exact) mass is 353 g/mol. The summed E-state index contributed by atoms with van der Waals surface area (Å²) in [5, 5.41) is 0. The molecule has 0 spiro atoms. The van der Waals surface area contributed by atoms with Gasteiger partial charge in [0, 0.05) is 30.6 Å². The van der Waals surface area contributed by atoms with Crippen LogP contribution >= 0.6 is 0 Å². The molecular weight excluding hydrogens is 326 g/mol. The van der Waals surface area contributed by atoms with Crippen molar-refractivity contribution < 1.29 is 9.53 Å². The van der Waals surface area contributed by atoms with Crippen molar-refractivity contribution in [3.05, 3.63) is 40.2 Å². The predicted octanol–water partition coefficient (Wildman–Crippen LogP) is 3.65. The van der Waals surface area contributed by atoms with Crippen molar-refractivity contribution in [3.63, 3.8) is 0 Å². The Labute approximate surface area is 154 Å². The zero-order valence-electron chi connectivity index (χ0n) is 15.7. The normalized spacial score (nSPS) is 17.2. The van der Waals surface area contributed by atoms with Crippen molar-refractivity contribution in [1.29, 1.82) is 0 Å². The number of rotatable bonds is 3. The smallest absolute Gasteiger partial charge is 0.254 e. The molecule has 2 aliphatic rings. The Bertz CT molecular complexity index is 795. The van der Waals surface area contributed by atoms with E-state index in [2.05, 4.69) is 24.0 Å². The van der Waals surface area contributed by atoms with Crippen molar-refractivity contribution in [2.24, 2.45) is 0 Å². The number of carbonyl (C=O) groups excluding carboxylic acids is 1. The number of amides is 1. The fourth-order valence-corrected chi connectivity index (χ4v) is 4.02. The summed E-state index contributed by atoms with van der Waals surface area (Å²) in [5.41, 5.74) is 6.30. The number of aromatic amines is 1. The fourth-order valence-electron chi connectivity index (χ4n) is 4.02. The molecule has 4 rings (SSSR count). The van der Waals surface area contributed by atoms with Gasteiger partial charge in [-0.1, -0.05) is 13.0 Å². The lowest BCUT2D eigenvalue weighted by atomic mass is 9.96. The molecule has 0 atom stereocenters. The summed E-state index contributed by atoms with van der Waals surface area (Å²) < 4.78 is 5.53. The maximum absolute atomic E-state index is 13.1. The first-order valence-corrected chi connectivity index (χ1v) is 9.76. The number of fused-ring (bicyclic) bond motifs is 1. The molecule has 3 heterocycles. The molecule has 1 N–H and O–H groups in total. The van der Waals surface area contributed by atoms with Gasteiger partial charge in [0.05, 0.1) is 24.6 Å². The molecule has 0 unspecified atom stereocenters. The highest BCUT2D eigenvalue weighted by atomic mass is 16.5. The first-order valence-electron chi connectivity index (χ1n) is 9.76. The summed E-state index contributed by atoms with van der Waals surface area (Å²) in [6.45, 7) is 7.25. The zero-order valence-corrected chi connectivity index (χ0v) is 15.7. The Morgan fingerprint density at radius 1 is 1.27 bits per heavy atom. The van der Waals surface area contributed by atoms with Gasteiger partial charge >= 0.3 is 0 Å². The van der Waals surface area contributed by atoms with Crippen molar-refractivity contribution in [3.8, 4) is 11.4 Å². The molecule has 26 heavy (non-hydrogen) atoms. The molecule has 0 bridgehead atoms. The minimum absolute atomic E-state index is 0.158. The van der Waals surface area contributed by atoms with Gasteiger partial charge in [0.15, 0.2) is 0 Å². The molecule has 2 aromatic rings. The third-order valence-corrected chi connectivity index (χ3v) is 5.55. The van der Waals surface area contributed by atoms with E-state index in [4.69, 9.17) is 9.72 Å². The number of piperidine rings is 1. The average Bonchev–Trinajstić information content (AvgIpc) is 3.11. The van der Waals surface area contributed by atoms with Crippen molar-refractivity contribution in [1.82, 2.24) is 14.9 Å². The van der Waals surface area contributed by atoms with Crippen LogP contribution in [0.4, 0.5) is 0 Å². The van der Waals surface area contributed by atoms with Crippen LogP contribution in [-0.4, -0.2) is 40.5 Å². The topological polar surface area (TPSA) is 58.2 Å². The molecule has 1 aromatic heterocycles. The highest BCUT2D eigenvalue weighted by molar-refractivity contribution is 5.97. The van der Waals surface area contributed by atoms with Gasteiger partial charge in [-0.05, 0) is 49.8 Å². The predicted molar refractivity (Wildman–Crippen MR) is 101 cm³/mol. The summed E-state index contributed by atoms with van der Waals surface area (Å²) in [6.07, 6.45) is 5.20. The van der Waals surface area contributed by atoms with E-state index in [0.29, 0.717) is 6.61 Å². The van der Waals surface area contributed by atoms with Gasteiger partial charge in [0.1, 0.15) is 5.82 Å². The second kappa shape index (κ2) is 7.23. The molecule has 0 aliphatic carbocycles. The molecule has 5 nitrogen and oxygen atoms in total.